The van der Waals surface area contributed by atoms with E-state index in [1.165, 1.54) is 6.08 Å². The van der Waals surface area contributed by atoms with E-state index in [1.807, 2.05) is 4.90 Å². The van der Waals surface area contributed by atoms with Gasteiger partial charge in [0.15, 0.2) is 0 Å². The van der Waals surface area contributed by atoms with Gasteiger partial charge in [-0.3, -0.25) is 15.0 Å². The third-order valence-electron chi connectivity index (χ3n) is 2.78. The highest BCUT2D eigenvalue weighted by Crippen LogP contribution is 2.19. The molecule has 1 unspecified atom stereocenters. The van der Waals surface area contributed by atoms with E-state index in [4.69, 9.17) is 0 Å². The largest absolute Gasteiger partial charge is 0.389 e. The van der Waals surface area contributed by atoms with Crippen LogP contribution in [0.5, 0.6) is 0 Å². The van der Waals surface area contributed by atoms with E-state index in [2.05, 4.69) is 17.2 Å². The number of hydrogen-bond acceptors (Lipinski definition) is 4. The van der Waals surface area contributed by atoms with Crippen LogP contribution in [0.25, 0.3) is 0 Å². The molecule has 0 spiro atoms. The van der Waals surface area contributed by atoms with E-state index in [9.17, 15) is 14.7 Å². The molecule has 6 nitrogen and oxygen atoms in total. The third kappa shape index (κ3) is 5.29. The molecule has 3 amide bonds. The second-order valence-electron chi connectivity index (χ2n) is 4.86. The average Bonchev–Trinajstić information content (AvgIpc) is 2.24. The van der Waals surface area contributed by atoms with Crippen LogP contribution in [0, 0.1) is 0 Å². The first-order valence-corrected chi connectivity index (χ1v) is 6.06. The van der Waals surface area contributed by atoms with Gasteiger partial charge < -0.3 is 10.4 Å². The molecule has 0 aromatic rings. The molecule has 1 aliphatic heterocycles. The Morgan fingerprint density at radius 3 is 2.89 bits per heavy atom. The first-order valence-electron chi connectivity index (χ1n) is 6.06. The summed E-state index contributed by atoms with van der Waals surface area (Å²) in [5, 5.41) is 14.6. The molecule has 1 heterocycles. The Labute approximate surface area is 107 Å². The minimum absolute atomic E-state index is 0.123. The first-order chi connectivity index (χ1) is 8.43. The minimum Gasteiger partial charge on any atom is -0.389 e. The fourth-order valence-corrected chi connectivity index (χ4v) is 2.04. The van der Waals surface area contributed by atoms with Crippen LogP contribution < -0.4 is 10.6 Å². The van der Waals surface area contributed by atoms with Crippen LogP contribution >= 0.6 is 0 Å². The van der Waals surface area contributed by atoms with Gasteiger partial charge in [-0.1, -0.05) is 6.08 Å². The van der Waals surface area contributed by atoms with E-state index < -0.39 is 11.6 Å². The monoisotopic (exact) mass is 255 g/mol. The molecule has 1 aliphatic rings. The summed E-state index contributed by atoms with van der Waals surface area (Å²) in [5.74, 6) is -0.366. The van der Waals surface area contributed by atoms with E-state index in [0.29, 0.717) is 13.1 Å². The summed E-state index contributed by atoms with van der Waals surface area (Å²) in [5.41, 5.74) is -0.746. The number of amides is 3. The quantitative estimate of drug-likeness (QED) is 0.610. The van der Waals surface area contributed by atoms with Crippen LogP contribution in [0.4, 0.5) is 4.79 Å². The number of imide groups is 1. The molecule has 0 aromatic heterocycles. The maximum Gasteiger partial charge on any atom is 0.321 e. The number of aliphatic hydroxyl groups is 1. The number of hydrogen-bond donors (Lipinski definition) is 3. The first kappa shape index (κ1) is 14.7. The lowest BCUT2D eigenvalue weighted by Crippen LogP contribution is -2.51. The third-order valence-corrected chi connectivity index (χ3v) is 2.78. The lowest BCUT2D eigenvalue weighted by molar-refractivity contribution is -0.122. The number of carbonyl (C=O) groups excluding carboxylic acids is 2. The topological polar surface area (TPSA) is 81.7 Å². The predicted molar refractivity (Wildman–Crippen MR) is 68.0 cm³/mol. The molecular weight excluding hydrogens is 234 g/mol. The van der Waals surface area contributed by atoms with Gasteiger partial charge in [-0.15, -0.1) is 6.58 Å². The van der Waals surface area contributed by atoms with Gasteiger partial charge in [0.1, 0.15) is 0 Å². The van der Waals surface area contributed by atoms with Crippen LogP contribution in [0.2, 0.25) is 0 Å². The van der Waals surface area contributed by atoms with Gasteiger partial charge >= 0.3 is 6.03 Å². The van der Waals surface area contributed by atoms with Crippen molar-refractivity contribution >= 4 is 11.9 Å². The van der Waals surface area contributed by atoms with Crippen LogP contribution in [-0.4, -0.2) is 53.7 Å². The molecule has 1 atom stereocenters. The number of β-amino-alcohol motifs (C(OH)–C–C–N with tert-alkyl or cyclic N) is 1. The molecule has 18 heavy (non-hydrogen) atoms. The maximum absolute atomic E-state index is 11.6. The van der Waals surface area contributed by atoms with Crippen molar-refractivity contribution in [2.24, 2.45) is 0 Å². The Morgan fingerprint density at radius 2 is 2.28 bits per heavy atom. The molecule has 0 aromatic carbocycles. The molecule has 6 heteroatoms. The molecule has 0 aliphatic carbocycles. The summed E-state index contributed by atoms with van der Waals surface area (Å²) in [6.45, 7) is 6.87. The van der Waals surface area contributed by atoms with Gasteiger partial charge in [-0.2, -0.15) is 0 Å². The van der Waals surface area contributed by atoms with Crippen molar-refractivity contribution < 1.29 is 14.7 Å². The van der Waals surface area contributed by atoms with Gasteiger partial charge in [-0.25, -0.2) is 4.79 Å². The van der Waals surface area contributed by atoms with Crippen molar-refractivity contribution in [1.82, 2.24) is 15.5 Å². The van der Waals surface area contributed by atoms with Crippen molar-refractivity contribution in [1.29, 1.82) is 0 Å². The Kier molecular flexibility index (Phi) is 5.30. The van der Waals surface area contributed by atoms with E-state index in [-0.39, 0.29) is 12.5 Å². The Balaban J connectivity index is 2.31. The second-order valence-corrected chi connectivity index (χ2v) is 4.86. The molecule has 0 bridgehead atoms. The van der Waals surface area contributed by atoms with Crippen molar-refractivity contribution in [3.8, 4) is 0 Å². The molecular formula is C12H21N3O3. The number of carbonyl (C=O) groups is 2. The fourth-order valence-electron chi connectivity index (χ4n) is 2.04. The number of likely N-dealkylation sites (tertiary alicyclic amines) is 1. The number of nitrogens with zero attached hydrogens (tertiary/aromatic N) is 1. The zero-order valence-electron chi connectivity index (χ0n) is 10.7. The molecule has 1 saturated heterocycles. The lowest BCUT2D eigenvalue weighted by atomic mass is 9.95. The van der Waals surface area contributed by atoms with Gasteiger partial charge in [0.25, 0.3) is 0 Å². The van der Waals surface area contributed by atoms with Crippen LogP contribution in [0.3, 0.4) is 0 Å². The Bertz CT molecular complexity index is 329. The summed E-state index contributed by atoms with van der Waals surface area (Å²) < 4.78 is 0. The van der Waals surface area contributed by atoms with Gasteiger partial charge in [0.05, 0.1) is 12.1 Å². The highest BCUT2D eigenvalue weighted by atomic mass is 16.3. The molecule has 0 saturated carbocycles. The normalized spacial score (nSPS) is 24.3. The van der Waals surface area contributed by atoms with Crippen molar-refractivity contribution in [3.05, 3.63) is 12.7 Å². The zero-order valence-corrected chi connectivity index (χ0v) is 10.7. The Morgan fingerprint density at radius 1 is 1.56 bits per heavy atom. The smallest absolute Gasteiger partial charge is 0.321 e. The number of urea groups is 1. The highest BCUT2D eigenvalue weighted by Gasteiger charge is 2.29. The summed E-state index contributed by atoms with van der Waals surface area (Å²) in [6.07, 6.45) is 3.12. The SMILES string of the molecule is C=CCNC(=O)NC(=O)CN1CCCC(C)(O)C1. The second kappa shape index (κ2) is 6.51. The maximum atomic E-state index is 11.6. The van der Waals surface area contributed by atoms with E-state index >= 15 is 0 Å². The highest BCUT2D eigenvalue weighted by molar-refractivity contribution is 5.95. The summed E-state index contributed by atoms with van der Waals surface area (Å²) in [7, 11) is 0. The van der Waals surface area contributed by atoms with Crippen LogP contribution in [0.1, 0.15) is 19.8 Å². The minimum atomic E-state index is -0.746. The van der Waals surface area contributed by atoms with Gasteiger partial charge in [-0.05, 0) is 26.3 Å². The van der Waals surface area contributed by atoms with Crippen molar-refractivity contribution in [3.63, 3.8) is 0 Å². The predicted octanol–water partition coefficient (Wildman–Crippen LogP) is -0.155. The van der Waals surface area contributed by atoms with Gasteiger partial charge in [0, 0.05) is 13.1 Å². The van der Waals surface area contributed by atoms with Gasteiger partial charge in [0.2, 0.25) is 5.91 Å². The Hall–Kier alpha value is -1.40. The fraction of sp³-hybridized carbons (Fsp3) is 0.667. The van der Waals surface area contributed by atoms with E-state index in [0.717, 1.165) is 19.4 Å². The number of piperidine rings is 1. The standard InChI is InChI=1S/C12H21N3O3/c1-3-6-13-11(17)14-10(16)8-15-7-4-5-12(2,18)9-15/h3,18H,1,4-9H2,2H3,(H2,13,14,16,17). The lowest BCUT2D eigenvalue weighted by Gasteiger charge is -2.36. The summed E-state index contributed by atoms with van der Waals surface area (Å²) >= 11 is 0. The summed E-state index contributed by atoms with van der Waals surface area (Å²) in [4.78, 5) is 24.6. The number of rotatable bonds is 4. The molecule has 3 N–H and O–H groups in total. The van der Waals surface area contributed by atoms with Crippen LogP contribution in [0.15, 0.2) is 12.7 Å². The summed E-state index contributed by atoms with van der Waals surface area (Å²) in [6, 6.07) is -0.524. The molecule has 0 radical (unpaired) electrons. The van der Waals surface area contributed by atoms with Crippen molar-refractivity contribution in [2.75, 3.05) is 26.2 Å². The van der Waals surface area contributed by atoms with Crippen molar-refractivity contribution in [2.45, 2.75) is 25.4 Å². The molecule has 1 fully saturated rings. The van der Waals surface area contributed by atoms with E-state index in [1.54, 1.807) is 6.92 Å². The van der Waals surface area contributed by atoms with Crippen LogP contribution in [-0.2, 0) is 4.79 Å². The molecule has 1 rings (SSSR count). The zero-order chi connectivity index (χ0) is 13.6. The molecule has 102 valence electrons. The average molecular weight is 255 g/mol. The number of nitrogens with one attached hydrogen (secondary N) is 2.